The third-order valence-electron chi connectivity index (χ3n) is 2.91. The van der Waals surface area contributed by atoms with Gasteiger partial charge in [0.1, 0.15) is 10.8 Å². The van der Waals surface area contributed by atoms with Gasteiger partial charge in [0, 0.05) is 7.11 Å². The number of rotatable bonds is 3. The lowest BCUT2D eigenvalue weighted by Crippen LogP contribution is -2.41. The summed E-state index contributed by atoms with van der Waals surface area (Å²) in [7, 11) is 1.66. The summed E-state index contributed by atoms with van der Waals surface area (Å²) in [5.41, 5.74) is 0.235. The van der Waals surface area contributed by atoms with Crippen LogP contribution in [-0.4, -0.2) is 35.1 Å². The minimum Gasteiger partial charge on any atom is -0.379 e. The molecule has 0 saturated heterocycles. The molecule has 1 heterocycles. The zero-order chi connectivity index (χ0) is 12.3. The first-order valence-electron chi connectivity index (χ1n) is 5.52. The first kappa shape index (κ1) is 12.3. The Morgan fingerprint density at radius 2 is 2.35 bits per heavy atom. The normalized spacial score (nSPS) is 23.6. The summed E-state index contributed by atoms with van der Waals surface area (Å²) in [6.45, 7) is 0. The molecule has 1 aromatic rings. The van der Waals surface area contributed by atoms with Gasteiger partial charge in [-0.1, -0.05) is 11.6 Å². The molecule has 2 atom stereocenters. The quantitative estimate of drug-likeness (QED) is 0.887. The van der Waals surface area contributed by atoms with Gasteiger partial charge in [-0.3, -0.25) is 9.78 Å². The van der Waals surface area contributed by atoms with E-state index in [2.05, 4.69) is 15.3 Å². The van der Waals surface area contributed by atoms with Gasteiger partial charge in [-0.05, 0) is 19.3 Å². The number of aromatic nitrogens is 2. The van der Waals surface area contributed by atoms with Crippen LogP contribution in [0.1, 0.15) is 29.8 Å². The predicted octanol–water partition coefficient (Wildman–Crippen LogP) is 1.43. The average Bonchev–Trinajstić information content (AvgIpc) is 2.76. The Kier molecular flexibility index (Phi) is 3.91. The van der Waals surface area contributed by atoms with Crippen molar-refractivity contribution in [1.29, 1.82) is 0 Å². The van der Waals surface area contributed by atoms with E-state index < -0.39 is 0 Å². The van der Waals surface area contributed by atoms with Crippen LogP contribution in [0.25, 0.3) is 0 Å². The van der Waals surface area contributed by atoms with E-state index in [0.29, 0.717) is 0 Å². The number of nitrogens with zero attached hydrogens (tertiary/aromatic N) is 2. The number of ether oxygens (including phenoxy) is 1. The maximum absolute atomic E-state index is 11.9. The zero-order valence-electron chi connectivity index (χ0n) is 9.52. The summed E-state index contributed by atoms with van der Waals surface area (Å²) < 4.78 is 5.31. The van der Waals surface area contributed by atoms with Crippen LogP contribution in [0.5, 0.6) is 0 Å². The summed E-state index contributed by atoms with van der Waals surface area (Å²) >= 11 is 5.68. The van der Waals surface area contributed by atoms with E-state index in [9.17, 15) is 4.79 Å². The van der Waals surface area contributed by atoms with Crippen molar-refractivity contribution in [2.24, 2.45) is 0 Å². The Hall–Kier alpha value is -1.20. The highest BCUT2D eigenvalue weighted by molar-refractivity contribution is 6.29. The number of methoxy groups -OCH3 is 1. The molecule has 5 nitrogen and oxygen atoms in total. The molecule has 0 aromatic carbocycles. The predicted molar refractivity (Wildman–Crippen MR) is 62.9 cm³/mol. The van der Waals surface area contributed by atoms with E-state index in [1.165, 1.54) is 12.4 Å². The molecule has 1 fully saturated rings. The average molecular weight is 256 g/mol. The Morgan fingerprint density at radius 3 is 3.06 bits per heavy atom. The molecule has 1 N–H and O–H groups in total. The van der Waals surface area contributed by atoms with Crippen molar-refractivity contribution in [3.63, 3.8) is 0 Å². The number of hydrogen-bond acceptors (Lipinski definition) is 4. The number of carbonyl (C=O) groups is 1. The summed E-state index contributed by atoms with van der Waals surface area (Å²) in [6.07, 6.45) is 5.85. The Morgan fingerprint density at radius 1 is 1.53 bits per heavy atom. The third-order valence-corrected chi connectivity index (χ3v) is 3.09. The van der Waals surface area contributed by atoms with Crippen molar-refractivity contribution in [2.45, 2.75) is 31.4 Å². The van der Waals surface area contributed by atoms with Crippen LogP contribution in [0.4, 0.5) is 0 Å². The lowest BCUT2D eigenvalue weighted by molar-refractivity contribution is 0.0719. The van der Waals surface area contributed by atoms with Gasteiger partial charge in [0.05, 0.1) is 24.5 Å². The van der Waals surface area contributed by atoms with E-state index in [4.69, 9.17) is 16.3 Å². The zero-order valence-corrected chi connectivity index (χ0v) is 10.3. The standard InChI is InChI=1S/C11H14ClN3O2/c1-17-9-4-2-3-7(9)15-11(16)8-5-13-6-10(12)14-8/h5-7,9H,2-4H2,1H3,(H,15,16). The largest absolute Gasteiger partial charge is 0.379 e. The van der Waals surface area contributed by atoms with Gasteiger partial charge in [0.15, 0.2) is 0 Å². The Labute approximate surface area is 105 Å². The highest BCUT2D eigenvalue weighted by atomic mass is 35.5. The van der Waals surface area contributed by atoms with Gasteiger partial charge in [-0.25, -0.2) is 4.98 Å². The SMILES string of the molecule is COC1CCCC1NC(=O)c1cncc(Cl)n1. The molecule has 0 aliphatic heterocycles. The number of amides is 1. The van der Waals surface area contributed by atoms with Gasteiger partial charge in [-0.15, -0.1) is 0 Å². The fraction of sp³-hybridized carbons (Fsp3) is 0.545. The fourth-order valence-corrected chi connectivity index (χ4v) is 2.21. The highest BCUT2D eigenvalue weighted by Crippen LogP contribution is 2.21. The van der Waals surface area contributed by atoms with Crippen LogP contribution in [-0.2, 0) is 4.74 Å². The molecule has 1 aromatic heterocycles. The molecule has 2 rings (SSSR count). The van der Waals surface area contributed by atoms with E-state index >= 15 is 0 Å². The minimum atomic E-state index is -0.256. The van der Waals surface area contributed by atoms with E-state index in [-0.39, 0.29) is 28.9 Å². The van der Waals surface area contributed by atoms with E-state index in [0.717, 1.165) is 19.3 Å². The second-order valence-electron chi connectivity index (χ2n) is 4.01. The lowest BCUT2D eigenvalue weighted by Gasteiger charge is -2.19. The molecule has 0 radical (unpaired) electrons. The van der Waals surface area contributed by atoms with Crippen molar-refractivity contribution in [2.75, 3.05) is 7.11 Å². The molecule has 2 unspecified atom stereocenters. The Bertz CT molecular complexity index is 413. The van der Waals surface area contributed by atoms with Crippen LogP contribution in [0.3, 0.4) is 0 Å². The molecule has 0 bridgehead atoms. The maximum atomic E-state index is 11.9. The van der Waals surface area contributed by atoms with Crippen LogP contribution in [0.15, 0.2) is 12.4 Å². The molecule has 92 valence electrons. The monoisotopic (exact) mass is 255 g/mol. The first-order chi connectivity index (χ1) is 8.20. The number of hydrogen-bond donors (Lipinski definition) is 1. The summed E-state index contributed by atoms with van der Waals surface area (Å²) in [5, 5.41) is 3.11. The summed E-state index contributed by atoms with van der Waals surface area (Å²) in [6, 6.07) is 0.0493. The van der Waals surface area contributed by atoms with E-state index in [1.807, 2.05) is 0 Å². The van der Waals surface area contributed by atoms with Gasteiger partial charge < -0.3 is 10.1 Å². The molecule has 0 spiro atoms. The number of nitrogens with one attached hydrogen (secondary N) is 1. The fourth-order valence-electron chi connectivity index (χ4n) is 2.07. The molecular formula is C11H14ClN3O2. The highest BCUT2D eigenvalue weighted by Gasteiger charge is 2.28. The van der Waals surface area contributed by atoms with Crippen LogP contribution >= 0.6 is 11.6 Å². The molecule has 1 amide bonds. The van der Waals surface area contributed by atoms with Crippen molar-refractivity contribution in [1.82, 2.24) is 15.3 Å². The second-order valence-corrected chi connectivity index (χ2v) is 4.40. The molecule has 6 heteroatoms. The van der Waals surface area contributed by atoms with Crippen molar-refractivity contribution in [3.8, 4) is 0 Å². The summed E-state index contributed by atoms with van der Waals surface area (Å²) in [4.78, 5) is 19.6. The molecular weight excluding hydrogens is 242 g/mol. The molecule has 1 aliphatic rings. The van der Waals surface area contributed by atoms with E-state index in [1.54, 1.807) is 7.11 Å². The van der Waals surface area contributed by atoms with Crippen LogP contribution < -0.4 is 5.32 Å². The van der Waals surface area contributed by atoms with Gasteiger partial charge in [0.25, 0.3) is 5.91 Å². The summed E-state index contributed by atoms with van der Waals surface area (Å²) in [5.74, 6) is -0.256. The van der Waals surface area contributed by atoms with Gasteiger partial charge in [0.2, 0.25) is 0 Å². The van der Waals surface area contributed by atoms with Crippen LogP contribution in [0, 0.1) is 0 Å². The lowest BCUT2D eigenvalue weighted by atomic mass is 10.2. The van der Waals surface area contributed by atoms with Crippen molar-refractivity contribution < 1.29 is 9.53 Å². The van der Waals surface area contributed by atoms with Crippen molar-refractivity contribution >= 4 is 17.5 Å². The number of carbonyl (C=O) groups excluding carboxylic acids is 1. The molecule has 1 saturated carbocycles. The first-order valence-corrected chi connectivity index (χ1v) is 5.89. The smallest absolute Gasteiger partial charge is 0.271 e. The molecule has 17 heavy (non-hydrogen) atoms. The Balaban J connectivity index is 2.01. The third kappa shape index (κ3) is 2.92. The second kappa shape index (κ2) is 5.42. The van der Waals surface area contributed by atoms with Gasteiger partial charge in [-0.2, -0.15) is 0 Å². The topological polar surface area (TPSA) is 64.1 Å². The molecule has 1 aliphatic carbocycles. The van der Waals surface area contributed by atoms with Gasteiger partial charge >= 0.3 is 0 Å². The van der Waals surface area contributed by atoms with Crippen molar-refractivity contribution in [3.05, 3.63) is 23.2 Å². The maximum Gasteiger partial charge on any atom is 0.271 e. The number of halogens is 1. The van der Waals surface area contributed by atoms with Crippen LogP contribution in [0.2, 0.25) is 5.15 Å². The minimum absolute atomic E-state index is 0.0493.